The van der Waals surface area contributed by atoms with Crippen LogP contribution in [0, 0.1) is 0 Å². The van der Waals surface area contributed by atoms with E-state index in [-0.39, 0.29) is 18.4 Å². The highest BCUT2D eigenvalue weighted by Crippen LogP contribution is 1.79. The fraction of sp³-hybridized carbons (Fsp3) is 0.750. The number of rotatable bonds is 5. The zero-order chi connectivity index (χ0) is 11.0. The molecule has 0 saturated carbocycles. The average molecular weight is 202 g/mol. The number of nitrogens with zero attached hydrogens (tertiary/aromatic N) is 1. The van der Waals surface area contributed by atoms with Crippen LogP contribution >= 0.6 is 0 Å². The summed E-state index contributed by atoms with van der Waals surface area (Å²) in [4.78, 5) is 23.4. The molecule has 0 aliphatic heterocycles. The smallest absolute Gasteiger partial charge is 0.252 e. The van der Waals surface area contributed by atoms with E-state index in [1.54, 1.807) is 0 Å². The van der Waals surface area contributed by atoms with Crippen LogP contribution in [0.1, 0.15) is 6.92 Å². The summed E-state index contributed by atoms with van der Waals surface area (Å²) in [5, 5.41) is 2.98. The molecule has 82 valence electrons. The third-order valence-electron chi connectivity index (χ3n) is 1.53. The van der Waals surface area contributed by atoms with Crippen LogP contribution in [0.25, 0.3) is 0 Å². The van der Waals surface area contributed by atoms with Crippen molar-refractivity contribution in [2.24, 2.45) is 0 Å². The van der Waals surface area contributed by atoms with Crippen LogP contribution in [0.15, 0.2) is 0 Å². The Morgan fingerprint density at radius 2 is 1.93 bits per heavy atom. The number of hydrogen-bond donors (Lipinski definition) is 3. The number of carbonyl (C=O) groups is 2. The lowest BCUT2D eigenvalue weighted by Gasteiger charge is -2.15. The van der Waals surface area contributed by atoms with Crippen LogP contribution in [0.5, 0.6) is 0 Å². The first-order chi connectivity index (χ1) is 6.56. The van der Waals surface area contributed by atoms with Crippen molar-refractivity contribution in [3.8, 4) is 0 Å². The normalized spacial score (nSPS) is 10.0. The topological polar surface area (TPSA) is 73.5 Å². The lowest BCUT2D eigenvalue weighted by atomic mass is 10.5. The molecule has 0 bridgehead atoms. The van der Waals surface area contributed by atoms with Crippen molar-refractivity contribution < 1.29 is 9.59 Å². The van der Waals surface area contributed by atoms with E-state index in [0.29, 0.717) is 0 Å². The molecule has 0 aromatic carbocycles. The fourth-order valence-electron chi connectivity index (χ4n) is 0.824. The highest BCUT2D eigenvalue weighted by molar-refractivity contribution is 5.81. The molecule has 0 aromatic rings. The number of hydrazine groups is 1. The van der Waals surface area contributed by atoms with Crippen LogP contribution in [-0.2, 0) is 9.59 Å². The van der Waals surface area contributed by atoms with Crippen LogP contribution < -0.4 is 16.2 Å². The molecule has 0 aromatic heterocycles. The SMILES string of the molecule is CNCCN(C)CC(=O)NNC(C)=O. The maximum absolute atomic E-state index is 11.1. The van der Waals surface area contributed by atoms with Gasteiger partial charge in [-0.15, -0.1) is 0 Å². The van der Waals surface area contributed by atoms with Crippen molar-refractivity contribution in [1.29, 1.82) is 0 Å². The van der Waals surface area contributed by atoms with E-state index in [0.717, 1.165) is 13.1 Å². The Bertz CT molecular complexity index is 196. The Hall–Kier alpha value is -1.14. The molecule has 0 unspecified atom stereocenters. The first kappa shape index (κ1) is 12.9. The Morgan fingerprint density at radius 3 is 2.43 bits per heavy atom. The van der Waals surface area contributed by atoms with Gasteiger partial charge < -0.3 is 5.32 Å². The molecule has 0 atom stereocenters. The van der Waals surface area contributed by atoms with Crippen molar-refractivity contribution in [3.05, 3.63) is 0 Å². The number of likely N-dealkylation sites (N-methyl/N-ethyl adjacent to an activating group) is 2. The largest absolute Gasteiger partial charge is 0.318 e. The molecule has 0 fully saturated rings. The number of carbonyl (C=O) groups excluding carboxylic acids is 2. The van der Waals surface area contributed by atoms with E-state index in [9.17, 15) is 9.59 Å². The van der Waals surface area contributed by atoms with E-state index in [1.165, 1.54) is 6.92 Å². The van der Waals surface area contributed by atoms with Crippen molar-refractivity contribution in [3.63, 3.8) is 0 Å². The predicted molar refractivity (Wildman–Crippen MR) is 53.4 cm³/mol. The van der Waals surface area contributed by atoms with Gasteiger partial charge >= 0.3 is 0 Å². The minimum Gasteiger partial charge on any atom is -0.318 e. The second-order valence-corrected chi connectivity index (χ2v) is 3.07. The molecule has 14 heavy (non-hydrogen) atoms. The fourth-order valence-corrected chi connectivity index (χ4v) is 0.824. The van der Waals surface area contributed by atoms with Gasteiger partial charge in [0, 0.05) is 20.0 Å². The van der Waals surface area contributed by atoms with Crippen LogP contribution in [0.2, 0.25) is 0 Å². The minimum absolute atomic E-state index is 0.223. The summed E-state index contributed by atoms with van der Waals surface area (Å²) in [7, 11) is 3.69. The summed E-state index contributed by atoms with van der Waals surface area (Å²) in [5.41, 5.74) is 4.51. The van der Waals surface area contributed by atoms with Crippen LogP contribution in [0.3, 0.4) is 0 Å². The maximum atomic E-state index is 11.1. The second kappa shape index (κ2) is 7.28. The summed E-state index contributed by atoms with van der Waals surface area (Å²) >= 11 is 0. The lowest BCUT2D eigenvalue weighted by molar-refractivity contribution is -0.128. The van der Waals surface area contributed by atoms with Gasteiger partial charge in [0.15, 0.2) is 0 Å². The zero-order valence-corrected chi connectivity index (χ0v) is 8.89. The highest BCUT2D eigenvalue weighted by Gasteiger charge is 2.05. The van der Waals surface area contributed by atoms with E-state index >= 15 is 0 Å². The molecule has 0 radical (unpaired) electrons. The van der Waals surface area contributed by atoms with Gasteiger partial charge in [-0.25, -0.2) is 0 Å². The summed E-state index contributed by atoms with van der Waals surface area (Å²) in [6.45, 7) is 3.21. The number of nitrogens with one attached hydrogen (secondary N) is 3. The van der Waals surface area contributed by atoms with E-state index < -0.39 is 0 Å². The van der Waals surface area contributed by atoms with Crippen molar-refractivity contribution in [2.75, 3.05) is 33.7 Å². The number of amides is 2. The first-order valence-corrected chi connectivity index (χ1v) is 4.45. The van der Waals surface area contributed by atoms with Gasteiger partial charge in [-0.3, -0.25) is 25.3 Å². The average Bonchev–Trinajstić information content (AvgIpc) is 2.11. The van der Waals surface area contributed by atoms with Crippen LogP contribution in [-0.4, -0.2) is 50.4 Å². The van der Waals surface area contributed by atoms with E-state index in [1.807, 2.05) is 19.0 Å². The molecule has 0 aliphatic rings. The zero-order valence-electron chi connectivity index (χ0n) is 8.89. The van der Waals surface area contributed by atoms with E-state index in [2.05, 4.69) is 16.2 Å². The van der Waals surface area contributed by atoms with Gasteiger partial charge in [-0.1, -0.05) is 0 Å². The van der Waals surface area contributed by atoms with Gasteiger partial charge in [-0.2, -0.15) is 0 Å². The van der Waals surface area contributed by atoms with Crippen LogP contribution in [0.4, 0.5) is 0 Å². The Kier molecular flexibility index (Phi) is 6.69. The molecule has 0 rings (SSSR count). The predicted octanol–water partition coefficient (Wildman–Crippen LogP) is -1.70. The Labute approximate surface area is 84.0 Å². The summed E-state index contributed by atoms with van der Waals surface area (Å²) in [5.74, 6) is -0.505. The molecule has 6 heteroatoms. The van der Waals surface area contributed by atoms with Crippen molar-refractivity contribution >= 4 is 11.8 Å². The molecule has 3 N–H and O–H groups in total. The third kappa shape index (κ3) is 7.51. The Morgan fingerprint density at radius 1 is 1.29 bits per heavy atom. The molecular weight excluding hydrogens is 184 g/mol. The first-order valence-electron chi connectivity index (χ1n) is 4.45. The molecule has 2 amide bonds. The molecule has 6 nitrogen and oxygen atoms in total. The molecule has 0 heterocycles. The number of hydrogen-bond acceptors (Lipinski definition) is 4. The molecule has 0 aliphatic carbocycles. The van der Waals surface area contributed by atoms with Gasteiger partial charge in [0.2, 0.25) is 5.91 Å². The molecule has 0 spiro atoms. The lowest BCUT2D eigenvalue weighted by Crippen LogP contribution is -2.45. The standard InChI is InChI=1S/C8H18N4O2/c1-7(13)10-11-8(14)6-12(3)5-4-9-2/h9H,4-6H2,1-3H3,(H,10,13)(H,11,14). The quantitative estimate of drug-likeness (QED) is 0.465. The van der Waals surface area contributed by atoms with Crippen molar-refractivity contribution in [1.82, 2.24) is 21.1 Å². The summed E-state index contributed by atoms with van der Waals surface area (Å²) in [6, 6.07) is 0. The minimum atomic E-state index is -0.281. The van der Waals surface area contributed by atoms with E-state index in [4.69, 9.17) is 0 Å². The monoisotopic (exact) mass is 202 g/mol. The maximum Gasteiger partial charge on any atom is 0.252 e. The highest BCUT2D eigenvalue weighted by atomic mass is 16.2. The van der Waals surface area contributed by atoms with Crippen molar-refractivity contribution in [2.45, 2.75) is 6.92 Å². The van der Waals surface area contributed by atoms with Gasteiger partial charge in [-0.05, 0) is 14.1 Å². The van der Waals surface area contributed by atoms with Gasteiger partial charge in [0.05, 0.1) is 6.54 Å². The third-order valence-corrected chi connectivity index (χ3v) is 1.53. The molecular formula is C8H18N4O2. The Balaban J connectivity index is 3.55. The molecule has 0 saturated heterocycles. The second-order valence-electron chi connectivity index (χ2n) is 3.07. The summed E-state index contributed by atoms with van der Waals surface area (Å²) < 4.78 is 0. The van der Waals surface area contributed by atoms with Gasteiger partial charge in [0.1, 0.15) is 0 Å². The van der Waals surface area contributed by atoms with Gasteiger partial charge in [0.25, 0.3) is 5.91 Å². The summed E-state index contributed by atoms with van der Waals surface area (Å²) in [6.07, 6.45) is 0.